The van der Waals surface area contributed by atoms with Crippen molar-refractivity contribution in [3.63, 3.8) is 0 Å². The van der Waals surface area contributed by atoms with E-state index in [1.54, 1.807) is 20.0 Å². The molecule has 5 heteroatoms. The molecule has 0 fully saturated rings. The van der Waals surface area contributed by atoms with Crippen LogP contribution in [0.3, 0.4) is 0 Å². The third-order valence-corrected chi connectivity index (χ3v) is 2.97. The first kappa shape index (κ1) is 13.1. The van der Waals surface area contributed by atoms with Crippen molar-refractivity contribution >= 4 is 0 Å². The van der Waals surface area contributed by atoms with Crippen molar-refractivity contribution in [1.29, 1.82) is 0 Å². The lowest BCUT2D eigenvalue weighted by molar-refractivity contribution is -0.0133. The van der Waals surface area contributed by atoms with Gasteiger partial charge in [-0.2, -0.15) is 0 Å². The highest BCUT2D eigenvalue weighted by atomic mass is 19.3. The lowest BCUT2D eigenvalue weighted by Gasteiger charge is -2.24. The van der Waals surface area contributed by atoms with Crippen LogP contribution in [0.15, 0.2) is 12.1 Å². The van der Waals surface area contributed by atoms with Crippen molar-refractivity contribution in [1.82, 2.24) is 5.32 Å². The molecular weight excluding hydrogens is 240 g/mol. The Morgan fingerprint density at radius 2 is 1.83 bits per heavy atom. The van der Waals surface area contributed by atoms with Gasteiger partial charge in [-0.1, -0.05) is 0 Å². The molecule has 1 aromatic rings. The van der Waals surface area contributed by atoms with E-state index >= 15 is 0 Å². The van der Waals surface area contributed by atoms with Gasteiger partial charge in [-0.3, -0.25) is 0 Å². The second-order valence-electron chi connectivity index (χ2n) is 4.37. The normalized spacial score (nSPS) is 14.7. The molecule has 0 spiro atoms. The first-order valence-corrected chi connectivity index (χ1v) is 5.98. The number of hydrogen-bond donors (Lipinski definition) is 1. The van der Waals surface area contributed by atoms with Crippen LogP contribution < -0.4 is 14.8 Å². The average Bonchev–Trinajstić information content (AvgIpc) is 2.35. The molecule has 0 radical (unpaired) electrons. The molecular formula is C13H17F2NO2. The molecule has 0 unspecified atom stereocenters. The summed E-state index contributed by atoms with van der Waals surface area (Å²) < 4.78 is 38.8. The number of aryl methyl sites for hydroxylation is 1. The second kappa shape index (κ2) is 5.10. The summed E-state index contributed by atoms with van der Waals surface area (Å²) in [5, 5.41) is 2.74. The Morgan fingerprint density at radius 3 is 2.44 bits per heavy atom. The van der Waals surface area contributed by atoms with E-state index in [4.69, 9.17) is 9.47 Å². The zero-order valence-corrected chi connectivity index (χ0v) is 10.6. The summed E-state index contributed by atoms with van der Waals surface area (Å²) in [6.45, 7) is 2.79. The van der Waals surface area contributed by atoms with Gasteiger partial charge in [-0.05, 0) is 31.7 Å². The number of benzene rings is 1. The number of fused-ring (bicyclic) bond motifs is 1. The van der Waals surface area contributed by atoms with Crippen LogP contribution in [-0.4, -0.2) is 26.8 Å². The molecule has 3 nitrogen and oxygen atoms in total. The third-order valence-electron chi connectivity index (χ3n) is 2.97. The van der Waals surface area contributed by atoms with Crippen LogP contribution >= 0.6 is 0 Å². The average molecular weight is 257 g/mol. The van der Waals surface area contributed by atoms with E-state index in [2.05, 4.69) is 5.32 Å². The molecule has 1 aromatic carbocycles. The standard InChI is InChI=1S/C13H17F2NO2/c1-9-7-11-12(18-6-5-17-11)8-10(9)13(14,15)3-4-16-2/h7-8,16H,3-6H2,1-2H3. The predicted molar refractivity (Wildman–Crippen MR) is 64.6 cm³/mol. The highest BCUT2D eigenvalue weighted by Crippen LogP contribution is 2.40. The molecule has 18 heavy (non-hydrogen) atoms. The maximum absolute atomic E-state index is 14.0. The lowest BCUT2D eigenvalue weighted by atomic mass is 9.99. The maximum Gasteiger partial charge on any atom is 0.274 e. The van der Waals surface area contributed by atoms with E-state index in [1.807, 2.05) is 0 Å². The van der Waals surface area contributed by atoms with Gasteiger partial charge in [0, 0.05) is 18.5 Å². The van der Waals surface area contributed by atoms with Crippen LogP contribution in [0.2, 0.25) is 0 Å². The Morgan fingerprint density at radius 1 is 1.22 bits per heavy atom. The van der Waals surface area contributed by atoms with Gasteiger partial charge in [-0.25, -0.2) is 8.78 Å². The molecule has 2 rings (SSSR count). The van der Waals surface area contributed by atoms with Gasteiger partial charge in [0.2, 0.25) is 0 Å². The summed E-state index contributed by atoms with van der Waals surface area (Å²) in [6, 6.07) is 3.02. The van der Waals surface area contributed by atoms with Crippen LogP contribution in [0.4, 0.5) is 8.78 Å². The summed E-state index contributed by atoms with van der Waals surface area (Å²) in [5.41, 5.74) is 0.544. The molecule has 0 amide bonds. The van der Waals surface area contributed by atoms with E-state index < -0.39 is 5.92 Å². The van der Waals surface area contributed by atoms with Crippen molar-refractivity contribution in [3.05, 3.63) is 23.3 Å². The number of ether oxygens (including phenoxy) is 2. The highest BCUT2D eigenvalue weighted by molar-refractivity contribution is 5.49. The van der Waals surface area contributed by atoms with E-state index in [9.17, 15) is 8.78 Å². The molecule has 100 valence electrons. The Hall–Kier alpha value is -1.36. The minimum absolute atomic E-state index is 0.0157. The predicted octanol–water partition coefficient (Wildman–Crippen LogP) is 2.47. The van der Waals surface area contributed by atoms with Crippen LogP contribution in [0.5, 0.6) is 11.5 Å². The third kappa shape index (κ3) is 2.56. The zero-order chi connectivity index (χ0) is 13.2. The zero-order valence-electron chi connectivity index (χ0n) is 10.6. The Bertz CT molecular complexity index is 435. The fourth-order valence-electron chi connectivity index (χ4n) is 2.00. The van der Waals surface area contributed by atoms with Gasteiger partial charge in [0.15, 0.2) is 11.5 Å². The van der Waals surface area contributed by atoms with Crippen molar-refractivity contribution in [2.45, 2.75) is 19.3 Å². The van der Waals surface area contributed by atoms with E-state index in [0.29, 0.717) is 30.3 Å². The van der Waals surface area contributed by atoms with Gasteiger partial charge in [0.1, 0.15) is 13.2 Å². The molecule has 1 heterocycles. The fourth-order valence-corrected chi connectivity index (χ4v) is 2.00. The minimum atomic E-state index is -2.86. The molecule has 0 atom stereocenters. The van der Waals surface area contributed by atoms with E-state index in [-0.39, 0.29) is 18.5 Å². The van der Waals surface area contributed by atoms with Crippen LogP contribution in [0.25, 0.3) is 0 Å². The quantitative estimate of drug-likeness (QED) is 0.898. The van der Waals surface area contributed by atoms with Crippen molar-refractivity contribution in [3.8, 4) is 11.5 Å². The largest absolute Gasteiger partial charge is 0.486 e. The number of rotatable bonds is 4. The molecule has 0 saturated heterocycles. The van der Waals surface area contributed by atoms with Gasteiger partial charge in [0.25, 0.3) is 5.92 Å². The van der Waals surface area contributed by atoms with Gasteiger partial charge < -0.3 is 14.8 Å². The Labute approximate surface area is 105 Å². The molecule has 0 saturated carbocycles. The van der Waals surface area contributed by atoms with Crippen LogP contribution in [-0.2, 0) is 5.92 Å². The number of alkyl halides is 2. The first-order chi connectivity index (χ1) is 8.54. The number of halogens is 2. The Kier molecular flexibility index (Phi) is 3.71. The summed E-state index contributed by atoms with van der Waals surface area (Å²) >= 11 is 0. The van der Waals surface area contributed by atoms with Crippen molar-refractivity contribution in [2.24, 2.45) is 0 Å². The van der Waals surface area contributed by atoms with Gasteiger partial charge in [-0.15, -0.1) is 0 Å². The minimum Gasteiger partial charge on any atom is -0.486 e. The maximum atomic E-state index is 14.0. The SMILES string of the molecule is CNCCC(F)(F)c1cc2c(cc1C)OCCO2. The van der Waals surface area contributed by atoms with Crippen molar-refractivity contribution in [2.75, 3.05) is 26.8 Å². The monoisotopic (exact) mass is 257 g/mol. The number of hydrogen-bond acceptors (Lipinski definition) is 3. The van der Waals surface area contributed by atoms with Crippen molar-refractivity contribution < 1.29 is 18.3 Å². The summed E-state index contributed by atoms with van der Waals surface area (Å²) in [7, 11) is 1.66. The summed E-state index contributed by atoms with van der Waals surface area (Å²) in [6.07, 6.45) is -0.232. The summed E-state index contributed by atoms with van der Waals surface area (Å²) in [4.78, 5) is 0. The second-order valence-corrected chi connectivity index (χ2v) is 4.37. The van der Waals surface area contributed by atoms with E-state index in [0.717, 1.165) is 0 Å². The van der Waals surface area contributed by atoms with E-state index in [1.165, 1.54) is 6.07 Å². The molecule has 1 aliphatic rings. The molecule has 0 bridgehead atoms. The Balaban J connectivity index is 2.32. The van der Waals surface area contributed by atoms with Crippen LogP contribution in [0, 0.1) is 6.92 Å². The first-order valence-electron chi connectivity index (χ1n) is 5.98. The smallest absolute Gasteiger partial charge is 0.274 e. The highest BCUT2D eigenvalue weighted by Gasteiger charge is 2.34. The van der Waals surface area contributed by atoms with Crippen LogP contribution in [0.1, 0.15) is 17.5 Å². The van der Waals surface area contributed by atoms with Gasteiger partial charge in [0.05, 0.1) is 0 Å². The number of nitrogens with one attached hydrogen (secondary N) is 1. The van der Waals surface area contributed by atoms with Gasteiger partial charge >= 0.3 is 0 Å². The molecule has 1 N–H and O–H groups in total. The molecule has 1 aliphatic heterocycles. The molecule has 0 aliphatic carbocycles. The lowest BCUT2D eigenvalue weighted by Crippen LogP contribution is -2.23. The summed E-state index contributed by atoms with van der Waals surface area (Å²) in [5.74, 6) is -1.90. The molecule has 0 aromatic heterocycles. The fraction of sp³-hybridized carbons (Fsp3) is 0.538. The topological polar surface area (TPSA) is 30.5 Å².